The number of hydrogen-bond acceptors (Lipinski definition) is 7. The maximum Gasteiger partial charge on any atom is 0.103 e. The summed E-state index contributed by atoms with van der Waals surface area (Å²) in [5.41, 5.74) is 7.97. The van der Waals surface area contributed by atoms with E-state index in [1.165, 1.54) is 0 Å². The average molecular weight is 508 g/mol. The van der Waals surface area contributed by atoms with Gasteiger partial charge >= 0.3 is 0 Å². The Labute approximate surface area is 223 Å². The van der Waals surface area contributed by atoms with Crippen molar-refractivity contribution in [2.75, 3.05) is 44.6 Å². The summed E-state index contributed by atoms with van der Waals surface area (Å²) >= 11 is 0. The molecule has 8 nitrogen and oxygen atoms in total. The van der Waals surface area contributed by atoms with Crippen molar-refractivity contribution in [2.24, 2.45) is 0 Å². The Kier molecular flexibility index (Phi) is 7.80. The highest BCUT2D eigenvalue weighted by molar-refractivity contribution is 5.90. The third-order valence-corrected chi connectivity index (χ3v) is 7.22. The summed E-state index contributed by atoms with van der Waals surface area (Å²) in [7, 11) is 0. The van der Waals surface area contributed by atoms with Crippen LogP contribution >= 0.6 is 0 Å². The fourth-order valence-electron chi connectivity index (χ4n) is 4.99. The molecule has 0 bridgehead atoms. The highest BCUT2D eigenvalue weighted by Gasteiger charge is 2.17. The summed E-state index contributed by atoms with van der Waals surface area (Å²) in [4.78, 5) is 17.3. The van der Waals surface area contributed by atoms with Gasteiger partial charge in [0.15, 0.2) is 0 Å². The number of aromatic amines is 1. The summed E-state index contributed by atoms with van der Waals surface area (Å²) in [6.07, 6.45) is 7.54. The lowest BCUT2D eigenvalue weighted by molar-refractivity contribution is 0.107. The lowest BCUT2D eigenvalue weighted by atomic mass is 10.0. The number of rotatable bonds is 8. The molecule has 4 aromatic rings. The predicted molar refractivity (Wildman–Crippen MR) is 152 cm³/mol. The molecule has 3 aromatic heterocycles. The third-order valence-electron chi connectivity index (χ3n) is 7.22. The van der Waals surface area contributed by atoms with Crippen LogP contribution in [0.15, 0.2) is 48.8 Å². The van der Waals surface area contributed by atoms with Crippen molar-refractivity contribution < 1.29 is 5.11 Å². The number of fused-ring (bicyclic) bond motifs is 1. The molecule has 0 atom stereocenters. The molecule has 0 aliphatic carbocycles. The van der Waals surface area contributed by atoms with Gasteiger partial charge in [-0.2, -0.15) is 5.26 Å². The molecule has 5 rings (SSSR count). The first-order valence-electron chi connectivity index (χ1n) is 13.0. The predicted octanol–water partition coefficient (Wildman–Crippen LogP) is 4.47. The monoisotopic (exact) mass is 507 g/mol. The number of benzene rings is 1. The van der Waals surface area contributed by atoms with Gasteiger partial charge in [0.05, 0.1) is 29.2 Å². The maximum atomic E-state index is 9.85. The van der Waals surface area contributed by atoms with Crippen LogP contribution in [0.4, 0.5) is 11.4 Å². The van der Waals surface area contributed by atoms with Gasteiger partial charge < -0.3 is 15.4 Å². The van der Waals surface area contributed by atoms with E-state index in [1.807, 2.05) is 49.5 Å². The van der Waals surface area contributed by atoms with E-state index in [9.17, 15) is 5.26 Å². The van der Waals surface area contributed by atoms with Crippen LogP contribution in [-0.4, -0.2) is 69.2 Å². The van der Waals surface area contributed by atoms with Crippen LogP contribution in [0.2, 0.25) is 0 Å². The van der Waals surface area contributed by atoms with Crippen molar-refractivity contribution in [3.8, 4) is 6.07 Å². The van der Waals surface area contributed by atoms with E-state index in [2.05, 4.69) is 50.2 Å². The number of nitriles is 1. The lowest BCUT2D eigenvalue weighted by Crippen LogP contribution is -2.46. The molecule has 0 spiro atoms. The SMILES string of the molecule is Cc1ncc(C#N)c(Nc2ccc3[nH]ccc3c2C)c1/C=C/c1cccc(CN2CCN(CCO)CC2)n1. The van der Waals surface area contributed by atoms with Gasteiger partial charge in [-0.05, 0) is 61.9 Å². The number of aliphatic hydroxyl groups excluding tert-OH is 1. The Morgan fingerprint density at radius 2 is 1.89 bits per heavy atom. The number of aliphatic hydroxyl groups is 1. The van der Waals surface area contributed by atoms with E-state index < -0.39 is 0 Å². The molecule has 4 heterocycles. The summed E-state index contributed by atoms with van der Waals surface area (Å²) in [5.74, 6) is 0. The Bertz CT molecular complexity index is 1490. The van der Waals surface area contributed by atoms with E-state index in [1.54, 1.807) is 6.20 Å². The van der Waals surface area contributed by atoms with Gasteiger partial charge in [0.2, 0.25) is 0 Å². The highest BCUT2D eigenvalue weighted by atomic mass is 16.3. The number of aryl methyl sites for hydroxylation is 2. The van der Waals surface area contributed by atoms with Crippen LogP contribution in [-0.2, 0) is 6.54 Å². The Hall–Kier alpha value is -4.03. The Balaban J connectivity index is 1.38. The smallest absolute Gasteiger partial charge is 0.103 e. The van der Waals surface area contributed by atoms with Crippen LogP contribution in [0.25, 0.3) is 23.1 Å². The molecule has 0 amide bonds. The second kappa shape index (κ2) is 11.6. The normalized spacial score (nSPS) is 14.8. The number of β-amino-alcohol motifs (C(OH)–C–C–N with tert-alkyl or cyclic N) is 1. The molecule has 194 valence electrons. The summed E-state index contributed by atoms with van der Waals surface area (Å²) in [5, 5.41) is 23.7. The van der Waals surface area contributed by atoms with E-state index in [0.29, 0.717) is 5.56 Å². The Morgan fingerprint density at radius 1 is 1.08 bits per heavy atom. The molecule has 0 saturated carbocycles. The molecular formula is C30H33N7O. The number of piperazine rings is 1. The molecule has 0 radical (unpaired) electrons. The molecular weight excluding hydrogens is 474 g/mol. The second-order valence-corrected chi connectivity index (χ2v) is 9.69. The van der Waals surface area contributed by atoms with Crippen LogP contribution in [0.1, 0.15) is 33.8 Å². The molecule has 0 unspecified atom stereocenters. The van der Waals surface area contributed by atoms with Crippen LogP contribution in [0.5, 0.6) is 0 Å². The fraction of sp³-hybridized carbons (Fsp3) is 0.300. The van der Waals surface area contributed by atoms with Crippen molar-refractivity contribution in [3.05, 3.63) is 82.6 Å². The minimum absolute atomic E-state index is 0.210. The van der Waals surface area contributed by atoms with Crippen molar-refractivity contribution in [2.45, 2.75) is 20.4 Å². The first kappa shape index (κ1) is 25.6. The minimum Gasteiger partial charge on any atom is -0.395 e. The lowest BCUT2D eigenvalue weighted by Gasteiger charge is -2.34. The van der Waals surface area contributed by atoms with Crippen molar-refractivity contribution in [3.63, 3.8) is 0 Å². The number of anilines is 2. The maximum absolute atomic E-state index is 9.85. The second-order valence-electron chi connectivity index (χ2n) is 9.69. The molecule has 38 heavy (non-hydrogen) atoms. The summed E-state index contributed by atoms with van der Waals surface area (Å²) in [6.45, 7) is 9.65. The number of nitrogens with one attached hydrogen (secondary N) is 2. The zero-order valence-corrected chi connectivity index (χ0v) is 21.9. The van der Waals surface area contributed by atoms with Crippen molar-refractivity contribution in [1.29, 1.82) is 5.26 Å². The molecule has 8 heteroatoms. The van der Waals surface area contributed by atoms with Gasteiger partial charge in [-0.1, -0.05) is 6.07 Å². The van der Waals surface area contributed by atoms with Crippen LogP contribution in [0.3, 0.4) is 0 Å². The first-order chi connectivity index (χ1) is 18.6. The van der Waals surface area contributed by atoms with Crippen molar-refractivity contribution in [1.82, 2.24) is 24.8 Å². The van der Waals surface area contributed by atoms with Gasteiger partial charge in [0.25, 0.3) is 0 Å². The topological polar surface area (TPSA) is 104 Å². The molecule has 1 fully saturated rings. The largest absolute Gasteiger partial charge is 0.395 e. The number of aromatic nitrogens is 3. The van der Waals surface area contributed by atoms with E-state index >= 15 is 0 Å². The standard InChI is InChI=1S/C30H33N7O/c1-21-26-10-11-32-29(26)9-8-28(21)35-30-23(18-31)19-33-22(2)27(30)7-6-24-4-3-5-25(34-24)20-37-14-12-36(13-15-37)16-17-38/h3-11,19,32,38H,12-17,20H2,1-2H3,(H,33,35)/b7-6+. The van der Waals surface area contributed by atoms with E-state index in [-0.39, 0.29) is 6.61 Å². The number of H-pyrrole nitrogens is 1. The Morgan fingerprint density at radius 3 is 2.68 bits per heavy atom. The van der Waals surface area contributed by atoms with Gasteiger partial charge in [-0.3, -0.25) is 19.8 Å². The highest BCUT2D eigenvalue weighted by Crippen LogP contribution is 2.32. The number of pyridine rings is 2. The van der Waals surface area contributed by atoms with Gasteiger partial charge in [-0.25, -0.2) is 0 Å². The quantitative estimate of drug-likeness (QED) is 0.323. The van der Waals surface area contributed by atoms with Crippen molar-refractivity contribution >= 4 is 34.4 Å². The fourth-order valence-corrected chi connectivity index (χ4v) is 4.99. The van der Waals surface area contributed by atoms with Gasteiger partial charge in [0, 0.05) is 79.5 Å². The summed E-state index contributed by atoms with van der Waals surface area (Å²) in [6, 6.07) is 14.5. The van der Waals surface area contributed by atoms with E-state index in [4.69, 9.17) is 10.1 Å². The summed E-state index contributed by atoms with van der Waals surface area (Å²) < 4.78 is 0. The van der Waals surface area contributed by atoms with Crippen LogP contribution in [0, 0.1) is 25.2 Å². The number of nitrogens with zero attached hydrogens (tertiary/aromatic N) is 5. The molecule has 1 saturated heterocycles. The van der Waals surface area contributed by atoms with Gasteiger partial charge in [0.1, 0.15) is 6.07 Å². The average Bonchev–Trinajstić information content (AvgIpc) is 3.41. The number of hydrogen-bond donors (Lipinski definition) is 3. The molecule has 1 aromatic carbocycles. The van der Waals surface area contributed by atoms with Crippen LogP contribution < -0.4 is 5.32 Å². The van der Waals surface area contributed by atoms with E-state index in [0.717, 1.165) is 89.8 Å². The minimum atomic E-state index is 0.210. The first-order valence-corrected chi connectivity index (χ1v) is 13.0. The molecule has 1 aliphatic heterocycles. The van der Waals surface area contributed by atoms with Gasteiger partial charge in [-0.15, -0.1) is 0 Å². The molecule has 3 N–H and O–H groups in total. The third kappa shape index (κ3) is 5.60. The molecule has 1 aliphatic rings. The zero-order chi connectivity index (χ0) is 26.5. The zero-order valence-electron chi connectivity index (χ0n) is 21.9.